The fourth-order valence-corrected chi connectivity index (χ4v) is 7.03. The van der Waals surface area contributed by atoms with Crippen LogP contribution in [-0.4, -0.2) is 41.2 Å². The number of rotatable bonds is 11. The summed E-state index contributed by atoms with van der Waals surface area (Å²) < 4.78 is 32.0. The molecule has 6 rings (SSSR count). The van der Waals surface area contributed by atoms with Gasteiger partial charge in [-0.1, -0.05) is 89.3 Å². The highest BCUT2D eigenvalue weighted by molar-refractivity contribution is 8.00. The number of ketones is 1. The van der Waals surface area contributed by atoms with Gasteiger partial charge in [0, 0.05) is 11.3 Å². The Morgan fingerprint density at radius 3 is 2.33 bits per heavy atom. The Morgan fingerprint density at radius 2 is 1.62 bits per heavy atom. The maximum Gasteiger partial charge on any atom is 0.301 e. The first-order valence-corrected chi connectivity index (χ1v) is 16.6. The van der Waals surface area contributed by atoms with Crippen LogP contribution in [0.1, 0.15) is 33.9 Å². The summed E-state index contributed by atoms with van der Waals surface area (Å²) in [7, 11) is 2.80. The Hall–Kier alpha value is -5.20. The number of aliphatic hydroxyl groups is 1. The molecule has 1 aliphatic heterocycles. The van der Waals surface area contributed by atoms with Gasteiger partial charge in [-0.15, -0.1) is 10.2 Å². The maximum absolute atomic E-state index is 14.7. The van der Waals surface area contributed by atoms with Crippen molar-refractivity contribution in [2.24, 2.45) is 0 Å². The Bertz CT molecular complexity index is 2000. The molecule has 1 amide bonds. The number of Topliss-reactive ketones (excluding diaryl/α,β-unsaturated/α-hetero) is 1. The van der Waals surface area contributed by atoms with Crippen LogP contribution in [0.15, 0.2) is 101 Å². The molecule has 244 valence electrons. The van der Waals surface area contributed by atoms with Gasteiger partial charge in [0.25, 0.3) is 5.78 Å². The summed E-state index contributed by atoms with van der Waals surface area (Å²) in [5.74, 6) is -1.80. The van der Waals surface area contributed by atoms with E-state index in [1.807, 2.05) is 61.5 Å². The molecular formula is C36H30FN3O6S2. The fourth-order valence-electron chi connectivity index (χ4n) is 5.21. The van der Waals surface area contributed by atoms with Crippen molar-refractivity contribution in [2.45, 2.75) is 29.7 Å². The average Bonchev–Trinajstić information content (AvgIpc) is 3.68. The second-order valence-electron chi connectivity index (χ2n) is 10.8. The highest BCUT2D eigenvalue weighted by Gasteiger charge is 2.48. The van der Waals surface area contributed by atoms with Gasteiger partial charge in [0.1, 0.15) is 12.4 Å². The lowest BCUT2D eigenvalue weighted by Gasteiger charge is -2.23. The van der Waals surface area contributed by atoms with Crippen LogP contribution in [0.25, 0.3) is 5.76 Å². The molecule has 1 atom stereocenters. The van der Waals surface area contributed by atoms with Gasteiger partial charge in [-0.2, -0.15) is 0 Å². The van der Waals surface area contributed by atoms with Crippen LogP contribution in [0.5, 0.6) is 17.2 Å². The minimum atomic E-state index is -1.14. The zero-order chi connectivity index (χ0) is 33.8. The normalized spacial score (nSPS) is 15.5. The van der Waals surface area contributed by atoms with Crippen molar-refractivity contribution >= 4 is 45.7 Å². The molecule has 5 aromatic rings. The summed E-state index contributed by atoms with van der Waals surface area (Å²) >= 11 is 2.60. The third kappa shape index (κ3) is 6.76. The Labute approximate surface area is 284 Å². The van der Waals surface area contributed by atoms with Crippen molar-refractivity contribution in [3.63, 3.8) is 0 Å². The Kier molecular flexibility index (Phi) is 9.74. The average molecular weight is 684 g/mol. The van der Waals surface area contributed by atoms with Gasteiger partial charge in [0.15, 0.2) is 27.4 Å². The van der Waals surface area contributed by atoms with E-state index in [1.54, 1.807) is 18.2 Å². The van der Waals surface area contributed by atoms with E-state index in [9.17, 15) is 19.1 Å². The van der Waals surface area contributed by atoms with E-state index in [-0.39, 0.29) is 28.6 Å². The first kappa shape index (κ1) is 32.7. The summed E-state index contributed by atoms with van der Waals surface area (Å²) in [6.45, 7) is 2.30. The van der Waals surface area contributed by atoms with E-state index < -0.39 is 29.3 Å². The summed E-state index contributed by atoms with van der Waals surface area (Å²) in [4.78, 5) is 28.6. The minimum Gasteiger partial charge on any atom is -0.507 e. The number of ether oxygens (including phenoxy) is 3. The van der Waals surface area contributed by atoms with Crippen molar-refractivity contribution in [1.29, 1.82) is 0 Å². The molecule has 12 heteroatoms. The molecule has 2 heterocycles. The molecular weight excluding hydrogens is 654 g/mol. The number of anilines is 1. The molecule has 1 aliphatic rings. The number of aromatic nitrogens is 2. The standard InChI is InChI=1S/C36H30FN3O6S2/c1-21-9-11-23(12-10-21)20-47-36-39-38-35(48-36)40-31(24-13-16-28(29(18-24)45-3)46-19-22-7-5-4-6-8-22)30(33(42)34(40)43)32(41)25-14-15-27(44-2)26(37)17-25/h4-18,31,41H,19-20H2,1-3H3/b32-30-. The van der Waals surface area contributed by atoms with Crippen LogP contribution in [0, 0.1) is 12.7 Å². The molecule has 9 nitrogen and oxygen atoms in total. The SMILES string of the molecule is COc1ccc(/C(O)=C2/C(=O)C(=O)N(c3nnc(SCc4ccc(C)cc4)s3)C2c2ccc(OCc3ccccc3)c(OC)c2)cc1F. The number of amides is 1. The molecule has 0 bridgehead atoms. The van der Waals surface area contributed by atoms with Gasteiger partial charge >= 0.3 is 5.91 Å². The first-order valence-electron chi connectivity index (χ1n) is 14.8. The Morgan fingerprint density at radius 1 is 0.896 bits per heavy atom. The zero-order valence-corrected chi connectivity index (χ0v) is 27.8. The van der Waals surface area contributed by atoms with Gasteiger partial charge in [-0.05, 0) is 53.9 Å². The number of carbonyl (C=O) groups is 2. The number of carbonyl (C=O) groups excluding carboxylic acids is 2. The second-order valence-corrected chi connectivity index (χ2v) is 13.0. The number of hydrogen-bond donors (Lipinski definition) is 1. The number of thioether (sulfide) groups is 1. The van der Waals surface area contributed by atoms with Gasteiger partial charge in [0.05, 0.1) is 25.8 Å². The predicted molar refractivity (Wildman–Crippen MR) is 182 cm³/mol. The Balaban J connectivity index is 1.39. The van der Waals surface area contributed by atoms with E-state index in [0.717, 1.165) is 34.1 Å². The molecule has 1 aromatic heterocycles. The topological polar surface area (TPSA) is 111 Å². The van der Waals surface area contributed by atoms with Gasteiger partial charge in [-0.25, -0.2) is 4.39 Å². The molecule has 4 aromatic carbocycles. The number of nitrogens with zero attached hydrogens (tertiary/aromatic N) is 3. The fraction of sp³-hybridized carbons (Fsp3) is 0.167. The molecule has 48 heavy (non-hydrogen) atoms. The quantitative estimate of drug-likeness (QED) is 0.0498. The smallest absolute Gasteiger partial charge is 0.301 e. The van der Waals surface area contributed by atoms with E-state index in [0.29, 0.717) is 27.2 Å². The van der Waals surface area contributed by atoms with E-state index in [2.05, 4.69) is 10.2 Å². The van der Waals surface area contributed by atoms with Gasteiger partial charge in [-0.3, -0.25) is 14.5 Å². The maximum atomic E-state index is 14.7. The zero-order valence-electron chi connectivity index (χ0n) is 26.2. The number of hydrogen-bond acceptors (Lipinski definition) is 10. The lowest BCUT2D eigenvalue weighted by Crippen LogP contribution is -2.29. The van der Waals surface area contributed by atoms with Crippen molar-refractivity contribution in [3.8, 4) is 17.2 Å². The number of halogens is 1. The van der Waals surface area contributed by atoms with E-state index in [1.165, 1.54) is 43.0 Å². The summed E-state index contributed by atoms with van der Waals surface area (Å²) in [6, 6.07) is 25.4. The van der Waals surface area contributed by atoms with Crippen LogP contribution in [0.2, 0.25) is 0 Å². The minimum absolute atomic E-state index is 0.00214. The van der Waals surface area contributed by atoms with E-state index in [4.69, 9.17) is 14.2 Å². The van der Waals surface area contributed by atoms with Crippen LogP contribution in [0.3, 0.4) is 0 Å². The molecule has 0 spiro atoms. The van der Waals surface area contributed by atoms with Gasteiger partial charge in [0.2, 0.25) is 5.13 Å². The second kappa shape index (κ2) is 14.3. The molecule has 0 radical (unpaired) electrons. The third-order valence-corrected chi connectivity index (χ3v) is 9.82. The molecule has 1 fully saturated rings. The van der Waals surface area contributed by atoms with Crippen molar-refractivity contribution in [3.05, 3.63) is 130 Å². The summed E-state index contributed by atoms with van der Waals surface area (Å²) in [6.07, 6.45) is 0. The molecule has 0 aliphatic carbocycles. The predicted octanol–water partition coefficient (Wildman–Crippen LogP) is 7.50. The number of aryl methyl sites for hydroxylation is 1. The third-order valence-electron chi connectivity index (χ3n) is 7.70. The molecule has 1 saturated heterocycles. The van der Waals surface area contributed by atoms with Crippen LogP contribution in [0.4, 0.5) is 9.52 Å². The van der Waals surface area contributed by atoms with Crippen molar-refractivity contribution in [1.82, 2.24) is 10.2 Å². The lowest BCUT2D eigenvalue weighted by atomic mass is 9.95. The largest absolute Gasteiger partial charge is 0.507 e. The highest BCUT2D eigenvalue weighted by Crippen LogP contribution is 2.46. The molecule has 0 saturated carbocycles. The summed E-state index contributed by atoms with van der Waals surface area (Å²) in [5.41, 5.74) is 3.39. The van der Waals surface area contributed by atoms with E-state index >= 15 is 0 Å². The van der Waals surface area contributed by atoms with Gasteiger partial charge < -0.3 is 19.3 Å². The highest BCUT2D eigenvalue weighted by atomic mass is 32.2. The van der Waals surface area contributed by atoms with Crippen LogP contribution < -0.4 is 19.1 Å². The van der Waals surface area contributed by atoms with Crippen molar-refractivity contribution in [2.75, 3.05) is 19.1 Å². The summed E-state index contributed by atoms with van der Waals surface area (Å²) in [5, 5.41) is 20.2. The number of benzene rings is 4. The number of aliphatic hydroxyl groups excluding tert-OH is 1. The lowest BCUT2D eigenvalue weighted by molar-refractivity contribution is -0.132. The van der Waals surface area contributed by atoms with Crippen LogP contribution in [-0.2, 0) is 21.9 Å². The monoisotopic (exact) mass is 683 g/mol. The molecule has 1 unspecified atom stereocenters. The number of methoxy groups -OCH3 is 2. The first-order chi connectivity index (χ1) is 23.3. The molecule has 1 N–H and O–H groups in total. The van der Waals surface area contributed by atoms with Crippen molar-refractivity contribution < 1.29 is 33.3 Å². The van der Waals surface area contributed by atoms with Crippen LogP contribution >= 0.6 is 23.1 Å².